The van der Waals surface area contributed by atoms with Crippen molar-refractivity contribution in [3.8, 4) is 5.69 Å². The highest BCUT2D eigenvalue weighted by molar-refractivity contribution is 6.23. The summed E-state index contributed by atoms with van der Waals surface area (Å²) in [5, 5.41) is 11.9. The second kappa shape index (κ2) is 4.53. The van der Waals surface area contributed by atoms with E-state index in [1.54, 1.807) is 12.1 Å². The first-order chi connectivity index (χ1) is 11.0. The Morgan fingerprint density at radius 3 is 2.61 bits per heavy atom. The lowest BCUT2D eigenvalue weighted by Crippen LogP contribution is -2.24. The molecular weight excluding hydrogens is 298 g/mol. The number of amides is 2. The minimum atomic E-state index is -0.613. The van der Waals surface area contributed by atoms with Gasteiger partial charge in [0.15, 0.2) is 0 Å². The first-order valence-electron chi connectivity index (χ1n) is 7.17. The molecule has 116 valence electrons. The number of imide groups is 1. The highest BCUT2D eigenvalue weighted by Crippen LogP contribution is 2.27. The fourth-order valence-corrected chi connectivity index (χ4v) is 3.27. The molecule has 0 spiro atoms. The molecule has 2 heterocycles. The number of carbonyl (C=O) groups excluding carboxylic acids is 2. The Kier molecular flexibility index (Phi) is 2.70. The molecule has 7 heteroatoms. The number of anilines is 1. The van der Waals surface area contributed by atoms with E-state index < -0.39 is 23.5 Å². The van der Waals surface area contributed by atoms with Crippen molar-refractivity contribution >= 4 is 17.6 Å². The van der Waals surface area contributed by atoms with Gasteiger partial charge in [0.1, 0.15) is 5.82 Å². The van der Waals surface area contributed by atoms with E-state index in [0.29, 0.717) is 18.5 Å². The van der Waals surface area contributed by atoms with E-state index in [2.05, 4.69) is 5.32 Å². The van der Waals surface area contributed by atoms with Crippen LogP contribution < -0.4 is 16.6 Å². The minimum Gasteiger partial charge on any atom is -0.392 e. The van der Waals surface area contributed by atoms with E-state index in [1.165, 1.54) is 4.57 Å². The lowest BCUT2D eigenvalue weighted by atomic mass is 10.1. The van der Waals surface area contributed by atoms with Gasteiger partial charge < -0.3 is 10.8 Å². The molecule has 0 saturated heterocycles. The lowest BCUT2D eigenvalue weighted by Gasteiger charge is -2.13. The number of nitrogens with two attached hydrogens (primary N) is 1. The predicted octanol–water partition coefficient (Wildman–Crippen LogP) is -0.237. The molecule has 1 aromatic heterocycles. The summed E-state index contributed by atoms with van der Waals surface area (Å²) in [6.45, 7) is 0. The van der Waals surface area contributed by atoms with Gasteiger partial charge in [0.05, 0.1) is 22.9 Å². The number of hydrogen-bond acceptors (Lipinski definition) is 5. The molecule has 2 aromatic rings. The molecule has 2 amide bonds. The zero-order chi connectivity index (χ0) is 16.3. The van der Waals surface area contributed by atoms with Gasteiger partial charge >= 0.3 is 0 Å². The summed E-state index contributed by atoms with van der Waals surface area (Å²) >= 11 is 0. The van der Waals surface area contributed by atoms with Gasteiger partial charge in [-0.3, -0.25) is 24.3 Å². The maximum Gasteiger partial charge on any atom is 0.262 e. The first kappa shape index (κ1) is 13.7. The van der Waals surface area contributed by atoms with Gasteiger partial charge in [-0.05, 0) is 36.1 Å². The largest absolute Gasteiger partial charge is 0.392 e. The summed E-state index contributed by atoms with van der Waals surface area (Å²) in [5.74, 6) is -1.28. The van der Waals surface area contributed by atoms with Crippen LogP contribution >= 0.6 is 0 Å². The Morgan fingerprint density at radius 2 is 1.83 bits per heavy atom. The number of fused-ring (bicyclic) bond motifs is 2. The molecule has 2 aliphatic rings. The number of benzene rings is 1. The van der Waals surface area contributed by atoms with Crippen LogP contribution in [0.5, 0.6) is 0 Å². The van der Waals surface area contributed by atoms with Gasteiger partial charge in [-0.15, -0.1) is 0 Å². The molecule has 4 rings (SSSR count). The summed E-state index contributed by atoms with van der Waals surface area (Å²) in [6.07, 6.45) is 0.681. The number of carbonyl (C=O) groups is 2. The first-order valence-corrected chi connectivity index (χ1v) is 7.17. The van der Waals surface area contributed by atoms with E-state index in [0.717, 1.165) is 17.2 Å². The van der Waals surface area contributed by atoms with Crippen LogP contribution in [0.15, 0.2) is 29.1 Å². The van der Waals surface area contributed by atoms with Crippen molar-refractivity contribution in [2.24, 2.45) is 0 Å². The Morgan fingerprint density at radius 1 is 1.09 bits per heavy atom. The van der Waals surface area contributed by atoms with Crippen molar-refractivity contribution in [1.29, 1.82) is 0 Å². The molecule has 7 nitrogen and oxygen atoms in total. The topological polar surface area (TPSA) is 114 Å². The molecule has 0 radical (unpaired) electrons. The number of aliphatic hydroxyl groups is 1. The predicted molar refractivity (Wildman–Crippen MR) is 81.7 cm³/mol. The summed E-state index contributed by atoms with van der Waals surface area (Å²) < 4.78 is 1.21. The van der Waals surface area contributed by atoms with Crippen LogP contribution in [0.25, 0.3) is 5.69 Å². The zero-order valence-electron chi connectivity index (χ0n) is 12.0. The number of aliphatic hydroxyl groups excluding tert-OH is 1. The fourth-order valence-electron chi connectivity index (χ4n) is 3.27. The Balaban J connectivity index is 1.93. The van der Waals surface area contributed by atoms with Crippen LogP contribution in [-0.2, 0) is 12.8 Å². The summed E-state index contributed by atoms with van der Waals surface area (Å²) in [4.78, 5) is 35.9. The summed E-state index contributed by atoms with van der Waals surface area (Å²) in [7, 11) is 0. The molecular formula is C16H13N3O4. The Bertz CT molecular complexity index is 945. The lowest BCUT2D eigenvalue weighted by molar-refractivity contribution is 0.0880. The van der Waals surface area contributed by atoms with Crippen molar-refractivity contribution in [3.63, 3.8) is 0 Å². The SMILES string of the molecule is Nc1c2c(cc(=O)n1-c1ccc3c(c1)CC(O)C3)C(=O)NC2=O. The summed E-state index contributed by atoms with van der Waals surface area (Å²) in [5.41, 5.74) is 8.03. The standard InChI is InChI=1S/C16H13N3O4/c17-14-13-11(15(22)18-16(13)23)6-12(21)19(14)9-2-1-7-4-10(20)5-8(7)3-9/h1-3,6,10,20H,4-5,17H2,(H,18,22,23). The van der Waals surface area contributed by atoms with Gasteiger partial charge in [0.2, 0.25) is 0 Å². The van der Waals surface area contributed by atoms with Gasteiger partial charge in [0, 0.05) is 6.07 Å². The van der Waals surface area contributed by atoms with Crippen LogP contribution in [0, 0.1) is 0 Å². The average Bonchev–Trinajstić information content (AvgIpc) is 2.98. The number of hydrogen-bond donors (Lipinski definition) is 3. The summed E-state index contributed by atoms with van der Waals surface area (Å²) in [6, 6.07) is 6.46. The fraction of sp³-hybridized carbons (Fsp3) is 0.188. The molecule has 0 bridgehead atoms. The van der Waals surface area contributed by atoms with Crippen molar-refractivity contribution in [3.05, 3.63) is 56.9 Å². The smallest absolute Gasteiger partial charge is 0.262 e. The van der Waals surface area contributed by atoms with E-state index in [4.69, 9.17) is 5.73 Å². The van der Waals surface area contributed by atoms with Crippen molar-refractivity contribution < 1.29 is 14.7 Å². The average molecular weight is 311 g/mol. The molecule has 1 atom stereocenters. The van der Waals surface area contributed by atoms with E-state index >= 15 is 0 Å². The van der Waals surface area contributed by atoms with E-state index in [-0.39, 0.29) is 16.9 Å². The maximum atomic E-state index is 12.4. The quantitative estimate of drug-likeness (QED) is 0.629. The third-order valence-corrected chi connectivity index (χ3v) is 4.31. The Labute approximate surface area is 130 Å². The molecule has 23 heavy (non-hydrogen) atoms. The zero-order valence-corrected chi connectivity index (χ0v) is 12.0. The third-order valence-electron chi connectivity index (χ3n) is 4.31. The normalized spacial score (nSPS) is 18.7. The monoisotopic (exact) mass is 311 g/mol. The van der Waals surface area contributed by atoms with Gasteiger partial charge in [0.25, 0.3) is 17.4 Å². The van der Waals surface area contributed by atoms with Gasteiger partial charge in [-0.1, -0.05) is 6.07 Å². The number of aromatic nitrogens is 1. The van der Waals surface area contributed by atoms with Crippen molar-refractivity contribution in [1.82, 2.24) is 9.88 Å². The highest BCUT2D eigenvalue weighted by atomic mass is 16.3. The molecule has 1 unspecified atom stereocenters. The molecule has 1 aliphatic heterocycles. The number of rotatable bonds is 1. The van der Waals surface area contributed by atoms with Crippen LogP contribution in [0.4, 0.5) is 5.82 Å². The molecule has 1 aliphatic carbocycles. The molecule has 0 saturated carbocycles. The number of nitrogens with one attached hydrogen (secondary N) is 1. The van der Waals surface area contributed by atoms with Crippen LogP contribution in [0.2, 0.25) is 0 Å². The van der Waals surface area contributed by atoms with Crippen LogP contribution in [-0.4, -0.2) is 27.6 Å². The minimum absolute atomic E-state index is 0.00494. The van der Waals surface area contributed by atoms with Crippen molar-refractivity contribution in [2.45, 2.75) is 18.9 Å². The molecule has 1 aromatic carbocycles. The highest BCUT2D eigenvalue weighted by Gasteiger charge is 2.32. The van der Waals surface area contributed by atoms with Crippen LogP contribution in [0.3, 0.4) is 0 Å². The number of nitrogen functional groups attached to an aromatic ring is 1. The Hall–Kier alpha value is -2.93. The van der Waals surface area contributed by atoms with Gasteiger partial charge in [-0.25, -0.2) is 0 Å². The second-order valence-electron chi connectivity index (χ2n) is 5.79. The number of pyridine rings is 1. The van der Waals surface area contributed by atoms with Crippen LogP contribution in [0.1, 0.15) is 31.8 Å². The molecule has 0 fully saturated rings. The maximum absolute atomic E-state index is 12.4. The van der Waals surface area contributed by atoms with E-state index in [9.17, 15) is 19.5 Å². The van der Waals surface area contributed by atoms with Gasteiger partial charge in [-0.2, -0.15) is 0 Å². The molecule has 4 N–H and O–H groups in total. The number of nitrogens with zero attached hydrogens (tertiary/aromatic N) is 1. The third kappa shape index (κ3) is 1.90. The van der Waals surface area contributed by atoms with Crippen molar-refractivity contribution in [2.75, 3.05) is 5.73 Å². The van der Waals surface area contributed by atoms with E-state index in [1.807, 2.05) is 6.07 Å². The second-order valence-corrected chi connectivity index (χ2v) is 5.79.